The maximum Gasteiger partial charge on any atom is 0.249 e. The number of hydrogen-bond acceptors (Lipinski definition) is 2. The highest BCUT2D eigenvalue weighted by Gasteiger charge is 2.23. The molecule has 2 aromatic rings. The van der Waals surface area contributed by atoms with E-state index in [4.69, 9.17) is 0 Å². The number of amides is 1. The monoisotopic (exact) mass is 377 g/mol. The van der Waals surface area contributed by atoms with Crippen LogP contribution in [0.3, 0.4) is 0 Å². The Balaban J connectivity index is 1.70. The Morgan fingerprint density at radius 1 is 1.52 bits per heavy atom. The summed E-state index contributed by atoms with van der Waals surface area (Å²) in [7, 11) is 0. The average molecular weight is 378 g/mol. The van der Waals surface area contributed by atoms with E-state index in [-0.39, 0.29) is 11.7 Å². The van der Waals surface area contributed by atoms with Crippen molar-refractivity contribution in [1.82, 2.24) is 9.78 Å². The summed E-state index contributed by atoms with van der Waals surface area (Å²) < 4.78 is 16.3. The minimum atomic E-state index is -0.368. The van der Waals surface area contributed by atoms with Gasteiger partial charge < -0.3 is 5.32 Å². The number of rotatable bonds is 5. The molecule has 0 spiro atoms. The van der Waals surface area contributed by atoms with E-state index in [0.29, 0.717) is 17.3 Å². The lowest BCUT2D eigenvalue weighted by atomic mass is 10.2. The normalized spacial score (nSPS) is 14.4. The van der Waals surface area contributed by atoms with Crippen molar-refractivity contribution < 1.29 is 9.18 Å². The Hall–Kier alpha value is -1.95. The maximum absolute atomic E-state index is 13.7. The molecular weight excluding hydrogens is 361 g/mol. The van der Waals surface area contributed by atoms with Crippen molar-refractivity contribution in [3.8, 4) is 0 Å². The van der Waals surface area contributed by atoms with Crippen molar-refractivity contribution in [3.05, 3.63) is 51.9 Å². The molecule has 0 aliphatic heterocycles. The first-order chi connectivity index (χ1) is 11.0. The van der Waals surface area contributed by atoms with E-state index < -0.39 is 0 Å². The SMILES string of the molecule is Cc1cnn(CC2CC2)c1NC(=O)/C=C/c1cc(Br)ccc1F. The van der Waals surface area contributed by atoms with E-state index in [1.54, 1.807) is 18.3 Å². The lowest BCUT2D eigenvalue weighted by Crippen LogP contribution is -2.14. The zero-order valence-corrected chi connectivity index (χ0v) is 14.3. The smallest absolute Gasteiger partial charge is 0.249 e. The van der Waals surface area contributed by atoms with Crippen LogP contribution in [0.2, 0.25) is 0 Å². The summed E-state index contributed by atoms with van der Waals surface area (Å²) in [5, 5.41) is 7.14. The van der Waals surface area contributed by atoms with E-state index in [1.165, 1.54) is 31.1 Å². The predicted molar refractivity (Wildman–Crippen MR) is 91.5 cm³/mol. The Labute approximate surface area is 142 Å². The minimum absolute atomic E-state index is 0.301. The number of aryl methyl sites for hydroxylation is 1. The number of carbonyl (C=O) groups excluding carboxylic acids is 1. The van der Waals surface area contributed by atoms with Crippen LogP contribution in [0.1, 0.15) is 24.0 Å². The van der Waals surface area contributed by atoms with Crippen molar-refractivity contribution in [2.24, 2.45) is 5.92 Å². The second kappa shape index (κ2) is 6.66. The minimum Gasteiger partial charge on any atom is -0.307 e. The number of benzene rings is 1. The Kier molecular flexibility index (Phi) is 4.61. The molecule has 1 fully saturated rings. The van der Waals surface area contributed by atoms with Crippen LogP contribution in [0.4, 0.5) is 10.2 Å². The number of nitrogens with one attached hydrogen (secondary N) is 1. The van der Waals surface area contributed by atoms with Gasteiger partial charge in [-0.25, -0.2) is 9.07 Å². The molecule has 0 unspecified atom stereocenters. The lowest BCUT2D eigenvalue weighted by molar-refractivity contribution is -0.111. The fraction of sp³-hybridized carbons (Fsp3) is 0.294. The molecule has 3 rings (SSSR count). The van der Waals surface area contributed by atoms with Gasteiger partial charge in [-0.3, -0.25) is 4.79 Å². The van der Waals surface area contributed by atoms with Gasteiger partial charge in [0.2, 0.25) is 5.91 Å². The number of nitrogens with zero attached hydrogens (tertiary/aromatic N) is 2. The van der Waals surface area contributed by atoms with Crippen molar-refractivity contribution in [3.63, 3.8) is 0 Å². The second-order valence-corrected chi connectivity index (χ2v) is 6.71. The summed E-state index contributed by atoms with van der Waals surface area (Å²) in [5.41, 5.74) is 1.28. The number of hydrogen-bond donors (Lipinski definition) is 1. The summed E-state index contributed by atoms with van der Waals surface area (Å²) in [4.78, 5) is 12.1. The molecule has 1 heterocycles. The van der Waals surface area contributed by atoms with Gasteiger partial charge >= 0.3 is 0 Å². The van der Waals surface area contributed by atoms with Crippen LogP contribution >= 0.6 is 15.9 Å². The molecule has 0 atom stereocenters. The molecule has 1 aliphatic carbocycles. The summed E-state index contributed by atoms with van der Waals surface area (Å²) in [6, 6.07) is 4.60. The maximum atomic E-state index is 13.7. The second-order valence-electron chi connectivity index (χ2n) is 5.79. The highest BCUT2D eigenvalue weighted by Crippen LogP contribution is 2.31. The van der Waals surface area contributed by atoms with Crippen molar-refractivity contribution >= 4 is 33.7 Å². The van der Waals surface area contributed by atoms with E-state index in [0.717, 1.165) is 16.6 Å². The van der Waals surface area contributed by atoms with Crippen LogP contribution in [0.15, 0.2) is 34.9 Å². The molecule has 6 heteroatoms. The average Bonchev–Trinajstić information content (AvgIpc) is 3.27. The summed E-state index contributed by atoms with van der Waals surface area (Å²) in [6.45, 7) is 2.73. The van der Waals surface area contributed by atoms with E-state index in [2.05, 4.69) is 26.3 Å². The third kappa shape index (κ3) is 4.07. The molecule has 0 saturated heterocycles. The topological polar surface area (TPSA) is 46.9 Å². The van der Waals surface area contributed by atoms with Gasteiger partial charge in [0.1, 0.15) is 11.6 Å². The van der Waals surface area contributed by atoms with Gasteiger partial charge in [0.15, 0.2) is 0 Å². The molecule has 1 amide bonds. The van der Waals surface area contributed by atoms with Gasteiger partial charge in [0, 0.05) is 28.2 Å². The molecular formula is C17H17BrFN3O. The Morgan fingerprint density at radius 3 is 3.04 bits per heavy atom. The van der Waals surface area contributed by atoms with Crippen molar-refractivity contribution in [1.29, 1.82) is 0 Å². The van der Waals surface area contributed by atoms with E-state index >= 15 is 0 Å². The van der Waals surface area contributed by atoms with E-state index in [1.807, 2.05) is 11.6 Å². The molecule has 1 aromatic carbocycles. The first kappa shape index (κ1) is 15.9. The van der Waals surface area contributed by atoms with Crippen LogP contribution in [0, 0.1) is 18.7 Å². The van der Waals surface area contributed by atoms with Crippen LogP contribution in [0.25, 0.3) is 6.08 Å². The lowest BCUT2D eigenvalue weighted by Gasteiger charge is -2.08. The molecule has 1 aliphatic rings. The highest BCUT2D eigenvalue weighted by atomic mass is 79.9. The fourth-order valence-corrected chi connectivity index (χ4v) is 2.67. The molecule has 120 valence electrons. The van der Waals surface area contributed by atoms with Crippen LogP contribution < -0.4 is 5.32 Å². The van der Waals surface area contributed by atoms with Crippen molar-refractivity contribution in [2.75, 3.05) is 5.32 Å². The Morgan fingerprint density at radius 2 is 2.30 bits per heavy atom. The molecule has 0 radical (unpaired) electrons. The highest BCUT2D eigenvalue weighted by molar-refractivity contribution is 9.10. The van der Waals surface area contributed by atoms with Gasteiger partial charge in [0.05, 0.1) is 6.20 Å². The fourth-order valence-electron chi connectivity index (χ4n) is 2.29. The first-order valence-corrected chi connectivity index (χ1v) is 8.29. The van der Waals surface area contributed by atoms with Gasteiger partial charge in [-0.1, -0.05) is 15.9 Å². The largest absolute Gasteiger partial charge is 0.307 e. The Bertz CT molecular complexity index is 765. The standard InChI is InChI=1S/C17H17BrFN3O/c1-11-9-20-22(10-12-2-3-12)17(11)21-16(23)7-4-13-8-14(18)5-6-15(13)19/h4-9,12H,2-3,10H2,1H3,(H,21,23)/b7-4+. The van der Waals surface area contributed by atoms with Gasteiger partial charge in [-0.2, -0.15) is 5.10 Å². The number of anilines is 1. The summed E-state index contributed by atoms with van der Waals surface area (Å²) >= 11 is 3.29. The molecule has 4 nitrogen and oxygen atoms in total. The van der Waals surface area contributed by atoms with Crippen LogP contribution in [-0.4, -0.2) is 15.7 Å². The molecule has 23 heavy (non-hydrogen) atoms. The third-order valence-corrected chi connectivity index (χ3v) is 4.26. The van der Waals surface area contributed by atoms with Crippen LogP contribution in [-0.2, 0) is 11.3 Å². The van der Waals surface area contributed by atoms with Gasteiger partial charge in [0.25, 0.3) is 0 Å². The molecule has 1 aromatic heterocycles. The van der Waals surface area contributed by atoms with Gasteiger partial charge in [-0.05, 0) is 50.0 Å². The van der Waals surface area contributed by atoms with Gasteiger partial charge in [-0.15, -0.1) is 0 Å². The number of aromatic nitrogens is 2. The zero-order valence-electron chi connectivity index (χ0n) is 12.7. The molecule has 1 saturated carbocycles. The molecule has 1 N–H and O–H groups in total. The summed E-state index contributed by atoms with van der Waals surface area (Å²) in [5.74, 6) is 0.703. The quantitative estimate of drug-likeness (QED) is 0.795. The summed E-state index contributed by atoms with van der Waals surface area (Å²) in [6.07, 6.45) is 6.98. The third-order valence-electron chi connectivity index (χ3n) is 3.76. The van der Waals surface area contributed by atoms with E-state index in [9.17, 15) is 9.18 Å². The predicted octanol–water partition coefficient (Wildman–Crippen LogP) is 4.16. The van der Waals surface area contributed by atoms with Crippen molar-refractivity contribution in [2.45, 2.75) is 26.3 Å². The first-order valence-electron chi connectivity index (χ1n) is 7.49. The zero-order chi connectivity index (χ0) is 16.4. The number of carbonyl (C=O) groups is 1. The number of halogens is 2. The molecule has 0 bridgehead atoms. The van der Waals surface area contributed by atoms with Crippen LogP contribution in [0.5, 0.6) is 0 Å².